The highest BCUT2D eigenvalue weighted by Crippen LogP contribution is 2.28. The Hall–Kier alpha value is -0.580. The molecule has 0 fully saturated rings. The van der Waals surface area contributed by atoms with E-state index in [-0.39, 0.29) is 12.1 Å². The van der Waals surface area contributed by atoms with E-state index in [4.69, 9.17) is 0 Å². The predicted molar refractivity (Wildman–Crippen MR) is 81.1 cm³/mol. The second-order valence-corrected chi connectivity index (χ2v) is 6.00. The predicted octanol–water partition coefficient (Wildman–Crippen LogP) is 2.77. The summed E-state index contributed by atoms with van der Waals surface area (Å²) in [5.74, 6) is 0. The van der Waals surface area contributed by atoms with Crippen LogP contribution in [0.4, 0.5) is 5.69 Å². The molecule has 0 atom stereocenters. The van der Waals surface area contributed by atoms with E-state index in [0.29, 0.717) is 0 Å². The number of aliphatic hydroxyl groups excluding tert-OH is 1. The van der Waals surface area contributed by atoms with Crippen LogP contribution >= 0.6 is 15.9 Å². The maximum Gasteiger partial charge on any atom is 0.0658 e. The van der Waals surface area contributed by atoms with E-state index >= 15 is 0 Å². The Labute approximate surface area is 118 Å². The number of nitrogens with zero attached hydrogens (tertiary/aromatic N) is 1. The minimum atomic E-state index is -0.269. The average Bonchev–Trinajstić information content (AvgIpc) is 2.35. The van der Waals surface area contributed by atoms with E-state index < -0.39 is 0 Å². The zero-order valence-corrected chi connectivity index (χ0v) is 13.2. The molecule has 0 aliphatic heterocycles. The van der Waals surface area contributed by atoms with Crippen molar-refractivity contribution in [1.82, 2.24) is 5.32 Å². The van der Waals surface area contributed by atoms with E-state index in [9.17, 15) is 5.11 Å². The number of rotatable bonds is 6. The summed E-state index contributed by atoms with van der Waals surface area (Å²) >= 11 is 3.51. The van der Waals surface area contributed by atoms with Crippen LogP contribution in [-0.2, 0) is 6.54 Å². The lowest BCUT2D eigenvalue weighted by molar-refractivity contribution is 0.216. The largest absolute Gasteiger partial charge is 0.394 e. The van der Waals surface area contributed by atoms with Crippen molar-refractivity contribution in [2.45, 2.75) is 32.9 Å². The third kappa shape index (κ3) is 3.70. The van der Waals surface area contributed by atoms with Crippen LogP contribution in [-0.4, -0.2) is 30.8 Å². The molecule has 1 aromatic carbocycles. The molecule has 1 rings (SSSR count). The van der Waals surface area contributed by atoms with Crippen molar-refractivity contribution in [3.05, 3.63) is 28.2 Å². The van der Waals surface area contributed by atoms with Crippen molar-refractivity contribution in [3.8, 4) is 0 Å². The van der Waals surface area contributed by atoms with Crippen LogP contribution in [0.5, 0.6) is 0 Å². The van der Waals surface area contributed by atoms with Crippen LogP contribution in [0.15, 0.2) is 22.7 Å². The maximum absolute atomic E-state index is 9.48. The monoisotopic (exact) mass is 314 g/mol. The molecule has 18 heavy (non-hydrogen) atoms. The molecule has 0 bridgehead atoms. The van der Waals surface area contributed by atoms with Crippen LogP contribution < -0.4 is 10.2 Å². The van der Waals surface area contributed by atoms with E-state index in [2.05, 4.69) is 45.2 Å². The van der Waals surface area contributed by atoms with Crippen molar-refractivity contribution >= 4 is 21.6 Å². The van der Waals surface area contributed by atoms with Gasteiger partial charge in [-0.2, -0.15) is 0 Å². The van der Waals surface area contributed by atoms with Gasteiger partial charge in [0, 0.05) is 23.8 Å². The molecule has 0 saturated heterocycles. The molecule has 4 heteroatoms. The normalized spacial score (nSPS) is 11.7. The average molecular weight is 315 g/mol. The van der Waals surface area contributed by atoms with E-state index in [0.717, 1.165) is 23.2 Å². The van der Waals surface area contributed by atoms with Crippen molar-refractivity contribution in [2.75, 3.05) is 25.1 Å². The third-order valence-electron chi connectivity index (χ3n) is 3.26. The van der Waals surface area contributed by atoms with Gasteiger partial charge in [-0.25, -0.2) is 0 Å². The fourth-order valence-corrected chi connectivity index (χ4v) is 2.12. The fraction of sp³-hybridized carbons (Fsp3) is 0.571. The second-order valence-electron chi connectivity index (χ2n) is 5.08. The number of aliphatic hydroxyl groups is 1. The van der Waals surface area contributed by atoms with Gasteiger partial charge in [0.1, 0.15) is 0 Å². The molecule has 2 N–H and O–H groups in total. The Kier molecular flexibility index (Phi) is 5.63. The first-order valence-corrected chi connectivity index (χ1v) is 7.05. The summed E-state index contributed by atoms with van der Waals surface area (Å²) in [5.41, 5.74) is 2.11. The molecule has 0 saturated carbocycles. The molecule has 0 aromatic heterocycles. The maximum atomic E-state index is 9.48. The quantitative estimate of drug-likeness (QED) is 0.847. The lowest BCUT2D eigenvalue weighted by Gasteiger charge is -2.37. The zero-order chi connectivity index (χ0) is 13.8. The Bertz CT molecular complexity index is 393. The number of likely N-dealkylation sites (N-methyl/N-ethyl adjacent to an activating group) is 1. The zero-order valence-electron chi connectivity index (χ0n) is 11.6. The summed E-state index contributed by atoms with van der Waals surface area (Å²) in [7, 11) is 2.02. The van der Waals surface area contributed by atoms with Crippen molar-refractivity contribution < 1.29 is 5.11 Å². The van der Waals surface area contributed by atoms with Gasteiger partial charge in [-0.1, -0.05) is 22.9 Å². The molecule has 0 amide bonds. The number of nitrogens with one attached hydrogen (secondary N) is 1. The second kappa shape index (κ2) is 6.55. The number of benzene rings is 1. The highest BCUT2D eigenvalue weighted by molar-refractivity contribution is 9.10. The Morgan fingerprint density at radius 1 is 1.39 bits per heavy atom. The highest BCUT2D eigenvalue weighted by Gasteiger charge is 2.24. The van der Waals surface area contributed by atoms with Crippen LogP contribution in [0.25, 0.3) is 0 Å². The van der Waals surface area contributed by atoms with Gasteiger partial charge in [-0.05, 0) is 44.2 Å². The minimum Gasteiger partial charge on any atom is -0.394 e. The van der Waals surface area contributed by atoms with Crippen LogP contribution in [0.2, 0.25) is 0 Å². The summed E-state index contributed by atoms with van der Waals surface area (Å²) in [5, 5.41) is 12.8. The van der Waals surface area contributed by atoms with Crippen molar-refractivity contribution in [3.63, 3.8) is 0 Å². The summed E-state index contributed by atoms with van der Waals surface area (Å²) in [6, 6.07) is 6.25. The first kappa shape index (κ1) is 15.5. The van der Waals surface area contributed by atoms with Crippen molar-refractivity contribution in [2.24, 2.45) is 0 Å². The Morgan fingerprint density at radius 2 is 2.06 bits per heavy atom. The summed E-state index contributed by atoms with van der Waals surface area (Å²) in [4.78, 5) is 2.13. The third-order valence-corrected chi connectivity index (χ3v) is 3.76. The Morgan fingerprint density at radius 3 is 2.61 bits per heavy atom. The lowest BCUT2D eigenvalue weighted by Crippen LogP contribution is -2.45. The number of hydrogen-bond acceptors (Lipinski definition) is 3. The van der Waals surface area contributed by atoms with Gasteiger partial charge in [0.05, 0.1) is 12.1 Å². The van der Waals surface area contributed by atoms with Gasteiger partial charge in [0.25, 0.3) is 0 Å². The first-order chi connectivity index (χ1) is 8.42. The van der Waals surface area contributed by atoms with Gasteiger partial charge in [-0.3, -0.25) is 0 Å². The molecule has 102 valence electrons. The number of hydrogen-bond donors (Lipinski definition) is 2. The van der Waals surface area contributed by atoms with E-state index in [1.54, 1.807) is 0 Å². The molecule has 0 aliphatic carbocycles. The number of anilines is 1. The van der Waals surface area contributed by atoms with Gasteiger partial charge in [0.15, 0.2) is 0 Å². The minimum absolute atomic E-state index is 0.125. The smallest absolute Gasteiger partial charge is 0.0658 e. The molecule has 0 aliphatic rings. The Balaban J connectivity index is 3.06. The molecule has 0 unspecified atom stereocenters. The molecular weight excluding hydrogens is 292 g/mol. The molecule has 1 aromatic rings. The summed E-state index contributed by atoms with van der Waals surface area (Å²) in [6.07, 6.45) is 0. The van der Waals surface area contributed by atoms with Crippen molar-refractivity contribution in [1.29, 1.82) is 0 Å². The molecule has 0 heterocycles. The SMILES string of the molecule is CCNCc1cc(Br)ccc1N(C)C(C)(C)CO. The highest BCUT2D eigenvalue weighted by atomic mass is 79.9. The van der Waals surface area contributed by atoms with Gasteiger partial charge >= 0.3 is 0 Å². The summed E-state index contributed by atoms with van der Waals surface area (Å²) < 4.78 is 1.08. The van der Waals surface area contributed by atoms with Crippen LogP contribution in [0.1, 0.15) is 26.3 Å². The number of halogens is 1. The first-order valence-electron chi connectivity index (χ1n) is 6.26. The fourth-order valence-electron chi connectivity index (χ4n) is 1.71. The topological polar surface area (TPSA) is 35.5 Å². The summed E-state index contributed by atoms with van der Waals surface area (Å²) in [6.45, 7) is 8.06. The lowest BCUT2D eigenvalue weighted by atomic mass is 10.0. The van der Waals surface area contributed by atoms with Gasteiger partial charge < -0.3 is 15.3 Å². The molecule has 0 radical (unpaired) electrons. The molecular formula is C14H23BrN2O. The van der Waals surface area contributed by atoms with E-state index in [1.807, 2.05) is 27.0 Å². The van der Waals surface area contributed by atoms with Gasteiger partial charge in [0.2, 0.25) is 0 Å². The molecule has 3 nitrogen and oxygen atoms in total. The van der Waals surface area contributed by atoms with Crippen LogP contribution in [0.3, 0.4) is 0 Å². The van der Waals surface area contributed by atoms with Gasteiger partial charge in [-0.15, -0.1) is 0 Å². The van der Waals surface area contributed by atoms with Crippen LogP contribution in [0, 0.1) is 0 Å². The van der Waals surface area contributed by atoms with E-state index in [1.165, 1.54) is 5.56 Å². The molecule has 0 spiro atoms. The standard InChI is InChI=1S/C14H23BrN2O/c1-5-16-9-11-8-12(15)6-7-13(11)17(4)14(2,3)10-18/h6-8,16,18H,5,9-10H2,1-4H3.